The van der Waals surface area contributed by atoms with Crippen LogP contribution in [0.2, 0.25) is 0 Å². The van der Waals surface area contributed by atoms with Gasteiger partial charge in [-0.05, 0) is 19.1 Å². The molecule has 0 heterocycles. The molecule has 0 aliphatic heterocycles. The lowest BCUT2D eigenvalue weighted by Gasteiger charge is -1.96. The average molecular weight is 172 g/mol. The fourth-order valence-electron chi connectivity index (χ4n) is 0.692. The Morgan fingerprint density at radius 1 is 1.36 bits per heavy atom. The van der Waals surface area contributed by atoms with Crippen LogP contribution in [-0.2, 0) is 15.4 Å². The number of hydrogen-bond donors (Lipinski definition) is 1. The lowest BCUT2D eigenvalue weighted by molar-refractivity contribution is -0.124. The van der Waals surface area contributed by atoms with Crippen LogP contribution in [0.1, 0.15) is 5.56 Å². The molecule has 0 radical (unpaired) electrons. The summed E-state index contributed by atoms with van der Waals surface area (Å²) in [5.41, 5.74) is 1.07. The van der Waals surface area contributed by atoms with Gasteiger partial charge in [-0.2, -0.15) is 0 Å². The molecule has 1 atom stereocenters. The van der Waals surface area contributed by atoms with Gasteiger partial charge in [-0.1, -0.05) is 17.7 Å². The maximum Gasteiger partial charge on any atom is 0.219 e. The van der Waals surface area contributed by atoms with E-state index in [1.54, 1.807) is 24.3 Å². The average Bonchev–Trinajstić information content (AvgIpc) is 2.05. The molecule has 1 rings (SSSR count). The minimum Gasteiger partial charge on any atom is -0.237 e. The smallest absolute Gasteiger partial charge is 0.219 e. The molecule has 0 spiro atoms. The fourth-order valence-corrected chi connectivity index (χ4v) is 1.14. The summed E-state index contributed by atoms with van der Waals surface area (Å²) in [7, 11) is 0. The molecule has 0 bridgehead atoms. The van der Waals surface area contributed by atoms with Crippen LogP contribution >= 0.6 is 0 Å². The van der Waals surface area contributed by atoms with Gasteiger partial charge in [-0.25, -0.2) is 9.47 Å². The van der Waals surface area contributed by atoms with E-state index in [1.165, 1.54) is 0 Å². The first-order valence-electron chi connectivity index (χ1n) is 3.04. The van der Waals surface area contributed by atoms with Crippen LogP contribution in [-0.4, -0.2) is 9.47 Å². The number of benzene rings is 1. The monoisotopic (exact) mass is 172 g/mol. The van der Waals surface area contributed by atoms with Crippen molar-refractivity contribution in [1.29, 1.82) is 0 Å². The highest BCUT2D eigenvalue weighted by atomic mass is 32.2. The van der Waals surface area contributed by atoms with E-state index in [9.17, 15) is 4.21 Å². The highest BCUT2D eigenvalue weighted by Gasteiger charge is 2.01. The van der Waals surface area contributed by atoms with Gasteiger partial charge in [0, 0.05) is 0 Å². The van der Waals surface area contributed by atoms with Gasteiger partial charge >= 0.3 is 0 Å². The first kappa shape index (κ1) is 8.39. The molecule has 0 aliphatic carbocycles. The van der Waals surface area contributed by atoms with Crippen LogP contribution in [0.4, 0.5) is 0 Å². The van der Waals surface area contributed by atoms with Crippen LogP contribution in [0, 0.1) is 6.92 Å². The van der Waals surface area contributed by atoms with E-state index in [1.807, 2.05) is 6.92 Å². The minimum absolute atomic E-state index is 0.457. The maximum absolute atomic E-state index is 10.8. The SMILES string of the molecule is Cc1ccc(S(=O)OO)cc1. The third kappa shape index (κ3) is 2.11. The Balaban J connectivity index is 2.90. The molecular weight excluding hydrogens is 164 g/mol. The Kier molecular flexibility index (Phi) is 2.76. The van der Waals surface area contributed by atoms with Crippen molar-refractivity contribution in [2.24, 2.45) is 0 Å². The van der Waals surface area contributed by atoms with Gasteiger partial charge in [0.2, 0.25) is 11.1 Å². The molecule has 4 heteroatoms. The van der Waals surface area contributed by atoms with Crippen molar-refractivity contribution < 1.29 is 13.8 Å². The van der Waals surface area contributed by atoms with Crippen LogP contribution in [0.25, 0.3) is 0 Å². The van der Waals surface area contributed by atoms with E-state index in [2.05, 4.69) is 4.33 Å². The number of rotatable bonds is 2. The van der Waals surface area contributed by atoms with Crippen molar-refractivity contribution in [2.75, 3.05) is 0 Å². The predicted molar refractivity (Wildman–Crippen MR) is 41.3 cm³/mol. The Morgan fingerprint density at radius 2 is 1.91 bits per heavy atom. The van der Waals surface area contributed by atoms with Crippen molar-refractivity contribution in [3.8, 4) is 0 Å². The summed E-state index contributed by atoms with van der Waals surface area (Å²) in [6.07, 6.45) is 0. The molecule has 1 unspecified atom stereocenters. The van der Waals surface area contributed by atoms with Gasteiger partial charge in [0.15, 0.2) is 0 Å². The third-order valence-corrected chi connectivity index (χ3v) is 2.07. The van der Waals surface area contributed by atoms with Gasteiger partial charge in [0.05, 0.1) is 4.90 Å². The van der Waals surface area contributed by atoms with Crippen LogP contribution in [0.5, 0.6) is 0 Å². The van der Waals surface area contributed by atoms with E-state index in [4.69, 9.17) is 5.26 Å². The molecule has 0 fully saturated rings. The van der Waals surface area contributed by atoms with Crippen molar-refractivity contribution >= 4 is 11.1 Å². The molecule has 0 aromatic heterocycles. The summed E-state index contributed by atoms with van der Waals surface area (Å²) in [5, 5.41) is 8.06. The third-order valence-electron chi connectivity index (χ3n) is 1.28. The zero-order valence-corrected chi connectivity index (χ0v) is 6.80. The highest BCUT2D eigenvalue weighted by molar-refractivity contribution is 7.80. The van der Waals surface area contributed by atoms with Gasteiger partial charge in [-0.15, -0.1) is 4.33 Å². The van der Waals surface area contributed by atoms with Crippen molar-refractivity contribution in [1.82, 2.24) is 0 Å². The van der Waals surface area contributed by atoms with Crippen LogP contribution < -0.4 is 0 Å². The Labute approximate surface area is 67.2 Å². The summed E-state index contributed by atoms with van der Waals surface area (Å²) in [4.78, 5) is 0.457. The Hall–Kier alpha value is -0.710. The van der Waals surface area contributed by atoms with Crippen LogP contribution in [0.3, 0.4) is 0 Å². The van der Waals surface area contributed by atoms with Gasteiger partial charge in [0.1, 0.15) is 0 Å². The Bertz CT molecular complexity index is 255. The van der Waals surface area contributed by atoms with Crippen molar-refractivity contribution in [3.63, 3.8) is 0 Å². The summed E-state index contributed by atoms with van der Waals surface area (Å²) in [5.74, 6) is 0. The lowest BCUT2D eigenvalue weighted by Crippen LogP contribution is -1.92. The molecular formula is C7H8O3S. The van der Waals surface area contributed by atoms with Crippen molar-refractivity contribution in [3.05, 3.63) is 29.8 Å². The number of hydrogen-bond acceptors (Lipinski definition) is 3. The van der Waals surface area contributed by atoms with Gasteiger partial charge in [0.25, 0.3) is 0 Å². The van der Waals surface area contributed by atoms with E-state index in [-0.39, 0.29) is 0 Å². The van der Waals surface area contributed by atoms with Crippen molar-refractivity contribution in [2.45, 2.75) is 11.8 Å². The van der Waals surface area contributed by atoms with Gasteiger partial charge < -0.3 is 0 Å². The standard InChI is InChI=1S/C7H8O3S/c1-6-2-4-7(5-3-6)11(9)10-8/h2-5,8H,1H3. The summed E-state index contributed by atoms with van der Waals surface area (Å²) < 4.78 is 14.4. The van der Waals surface area contributed by atoms with E-state index >= 15 is 0 Å². The molecule has 0 amide bonds. The van der Waals surface area contributed by atoms with Gasteiger partial charge in [-0.3, -0.25) is 0 Å². The number of aryl methyl sites for hydroxylation is 1. The largest absolute Gasteiger partial charge is 0.237 e. The second-order valence-corrected chi connectivity index (χ2v) is 3.21. The first-order chi connectivity index (χ1) is 5.24. The molecule has 0 aliphatic rings. The molecule has 1 aromatic carbocycles. The molecule has 3 nitrogen and oxygen atoms in total. The van der Waals surface area contributed by atoms with E-state index in [0.29, 0.717) is 4.90 Å². The lowest BCUT2D eigenvalue weighted by atomic mass is 10.2. The van der Waals surface area contributed by atoms with E-state index in [0.717, 1.165) is 5.56 Å². The maximum atomic E-state index is 10.8. The molecule has 0 saturated carbocycles. The topological polar surface area (TPSA) is 46.5 Å². The molecule has 1 N–H and O–H groups in total. The summed E-state index contributed by atoms with van der Waals surface area (Å²) >= 11 is -1.74. The minimum atomic E-state index is -1.74. The fraction of sp³-hybridized carbons (Fsp3) is 0.143. The second kappa shape index (κ2) is 3.61. The Morgan fingerprint density at radius 3 is 2.36 bits per heavy atom. The van der Waals surface area contributed by atoms with Crippen LogP contribution in [0.15, 0.2) is 29.2 Å². The second-order valence-electron chi connectivity index (χ2n) is 2.12. The van der Waals surface area contributed by atoms with E-state index < -0.39 is 11.1 Å². The molecule has 11 heavy (non-hydrogen) atoms. The highest BCUT2D eigenvalue weighted by Crippen LogP contribution is 2.07. The normalized spacial score (nSPS) is 12.9. The quantitative estimate of drug-likeness (QED) is 0.543. The predicted octanol–water partition coefficient (Wildman–Crippen LogP) is 1.51. The molecule has 0 saturated heterocycles. The summed E-state index contributed by atoms with van der Waals surface area (Å²) in [6, 6.07) is 6.88. The molecule has 1 aromatic rings. The molecule has 60 valence electrons. The zero-order chi connectivity index (χ0) is 8.27. The summed E-state index contributed by atoms with van der Waals surface area (Å²) in [6.45, 7) is 1.92. The zero-order valence-electron chi connectivity index (χ0n) is 5.98. The first-order valence-corrected chi connectivity index (χ1v) is 4.12.